The van der Waals surface area contributed by atoms with Gasteiger partial charge in [0.1, 0.15) is 18.3 Å². The predicted molar refractivity (Wildman–Crippen MR) is 75.1 cm³/mol. The van der Waals surface area contributed by atoms with Crippen LogP contribution in [0.15, 0.2) is 0 Å². The fourth-order valence-electron chi connectivity index (χ4n) is 1.62. The Kier molecular flexibility index (Phi) is 8.01. The second-order valence-electron chi connectivity index (χ2n) is 5.00. The molecule has 0 radical (unpaired) electrons. The highest BCUT2D eigenvalue weighted by Crippen LogP contribution is 2.24. The number of aliphatic hydroxyl groups is 3. The predicted octanol–water partition coefficient (Wildman–Crippen LogP) is -1.50. The van der Waals surface area contributed by atoms with Crippen LogP contribution in [0.3, 0.4) is 0 Å². The number of ketones is 2. The lowest BCUT2D eigenvalue weighted by Crippen LogP contribution is -2.57. The molecule has 4 atom stereocenters. The van der Waals surface area contributed by atoms with Gasteiger partial charge in [0.15, 0.2) is 5.78 Å². The first-order valence-corrected chi connectivity index (χ1v) is 7.00. The van der Waals surface area contributed by atoms with E-state index in [9.17, 15) is 34.5 Å². The molecule has 132 valence electrons. The van der Waals surface area contributed by atoms with Crippen LogP contribution in [0.2, 0.25) is 0 Å². The van der Waals surface area contributed by atoms with Crippen LogP contribution in [0.1, 0.15) is 34.1 Å². The maximum atomic E-state index is 12.3. The average Bonchev–Trinajstić information content (AvgIpc) is 2.45. The molecule has 9 heteroatoms. The van der Waals surface area contributed by atoms with Crippen molar-refractivity contribution in [3.8, 4) is 0 Å². The number of carbonyl (C=O) groups is 4. The molecule has 23 heavy (non-hydrogen) atoms. The third kappa shape index (κ3) is 5.38. The number of ether oxygens (including phenoxy) is 2. The van der Waals surface area contributed by atoms with Crippen LogP contribution in [-0.4, -0.2) is 69.3 Å². The van der Waals surface area contributed by atoms with Gasteiger partial charge in [0.2, 0.25) is 5.78 Å². The van der Waals surface area contributed by atoms with E-state index >= 15 is 0 Å². The van der Waals surface area contributed by atoms with Gasteiger partial charge in [-0.3, -0.25) is 9.59 Å². The molecule has 0 spiro atoms. The summed E-state index contributed by atoms with van der Waals surface area (Å²) in [5.74, 6) is -5.00. The third-order valence-electron chi connectivity index (χ3n) is 2.89. The molecule has 0 heterocycles. The van der Waals surface area contributed by atoms with E-state index in [-0.39, 0.29) is 6.61 Å². The quantitative estimate of drug-likeness (QED) is 0.338. The molecule has 0 aromatic rings. The molecule has 0 aliphatic rings. The summed E-state index contributed by atoms with van der Waals surface area (Å²) in [6.07, 6.45) is -6.02. The van der Waals surface area contributed by atoms with Crippen molar-refractivity contribution < 1.29 is 44.0 Å². The van der Waals surface area contributed by atoms with Gasteiger partial charge in [0, 0.05) is 0 Å². The highest BCUT2D eigenvalue weighted by Gasteiger charge is 2.54. The lowest BCUT2D eigenvalue weighted by molar-refractivity contribution is -0.194. The Balaban J connectivity index is 5.99. The number of esters is 2. The van der Waals surface area contributed by atoms with E-state index in [0.29, 0.717) is 0 Å². The molecular formula is C14H22O9. The third-order valence-corrected chi connectivity index (χ3v) is 2.89. The first-order chi connectivity index (χ1) is 10.5. The average molecular weight is 334 g/mol. The Bertz CT molecular complexity index is 443. The van der Waals surface area contributed by atoms with E-state index in [4.69, 9.17) is 4.74 Å². The molecule has 0 aromatic carbocycles. The zero-order chi connectivity index (χ0) is 18.4. The van der Waals surface area contributed by atoms with E-state index in [1.54, 1.807) is 0 Å². The van der Waals surface area contributed by atoms with Gasteiger partial charge in [-0.2, -0.15) is 0 Å². The molecule has 0 rings (SSSR count). The summed E-state index contributed by atoms with van der Waals surface area (Å²) in [7, 11) is 0. The molecule has 0 bridgehead atoms. The Morgan fingerprint density at radius 1 is 0.957 bits per heavy atom. The van der Waals surface area contributed by atoms with Gasteiger partial charge in [-0.05, 0) is 27.7 Å². The zero-order valence-corrected chi connectivity index (χ0v) is 13.4. The van der Waals surface area contributed by atoms with Crippen LogP contribution in [0.25, 0.3) is 0 Å². The fraction of sp³-hybridized carbons (Fsp3) is 0.714. The minimum absolute atomic E-state index is 0.192. The van der Waals surface area contributed by atoms with Crippen LogP contribution in [-0.2, 0) is 28.7 Å². The van der Waals surface area contributed by atoms with Crippen molar-refractivity contribution in [2.75, 3.05) is 6.61 Å². The van der Waals surface area contributed by atoms with Crippen molar-refractivity contribution in [2.24, 2.45) is 0 Å². The highest BCUT2D eigenvalue weighted by molar-refractivity contribution is 6.13. The maximum absolute atomic E-state index is 12.3. The molecule has 0 aliphatic carbocycles. The molecule has 0 aliphatic heterocycles. The van der Waals surface area contributed by atoms with Gasteiger partial charge >= 0.3 is 11.9 Å². The summed E-state index contributed by atoms with van der Waals surface area (Å²) >= 11 is 0. The molecule has 0 aromatic heterocycles. The molecule has 0 amide bonds. The normalized spacial score (nSPS) is 17.3. The number of hydrogen-bond acceptors (Lipinski definition) is 9. The molecular weight excluding hydrogens is 312 g/mol. The minimum Gasteiger partial charge on any atom is -0.463 e. The zero-order valence-electron chi connectivity index (χ0n) is 13.4. The summed E-state index contributed by atoms with van der Waals surface area (Å²) in [6, 6.07) is 0. The van der Waals surface area contributed by atoms with Crippen molar-refractivity contribution >= 4 is 23.5 Å². The summed E-state index contributed by atoms with van der Waals surface area (Å²) < 4.78 is 9.43. The lowest BCUT2D eigenvalue weighted by Gasteiger charge is -2.30. The van der Waals surface area contributed by atoms with Crippen molar-refractivity contribution in [3.05, 3.63) is 0 Å². The first-order valence-electron chi connectivity index (χ1n) is 7.00. The Morgan fingerprint density at radius 3 is 1.83 bits per heavy atom. The van der Waals surface area contributed by atoms with Gasteiger partial charge in [0.25, 0.3) is 5.60 Å². The second kappa shape index (κ2) is 8.70. The molecule has 3 N–H and O–H groups in total. The number of aliphatic hydroxyl groups excluding tert-OH is 3. The molecule has 4 unspecified atom stereocenters. The number of Topliss-reactive ketones (excluding diaryl/α,β-unsaturated/α-hetero) is 2. The summed E-state index contributed by atoms with van der Waals surface area (Å²) in [5, 5.41) is 28.0. The maximum Gasteiger partial charge on any atom is 0.359 e. The van der Waals surface area contributed by atoms with E-state index < -0.39 is 53.8 Å². The number of carbonyl (C=O) groups excluding carboxylic acids is 4. The molecule has 0 saturated heterocycles. The Labute approximate surface area is 133 Å². The van der Waals surface area contributed by atoms with Crippen LogP contribution in [0, 0.1) is 0 Å². The second-order valence-corrected chi connectivity index (χ2v) is 5.00. The standard InChI is InChI=1S/C14H22O9/c1-5-22-13(21)14(11(19)8(3)16,6-10(18)7(2)15)23-12(20)9(4)17/h7-9,15-17H,5-6H2,1-4H3. The SMILES string of the molecule is CCOC(=O)C(CC(=O)C(C)O)(OC(=O)C(C)O)C(=O)C(C)O. The first kappa shape index (κ1) is 21.2. The minimum atomic E-state index is -2.77. The highest BCUT2D eigenvalue weighted by atomic mass is 16.6. The Morgan fingerprint density at radius 2 is 1.48 bits per heavy atom. The largest absolute Gasteiger partial charge is 0.463 e. The van der Waals surface area contributed by atoms with Crippen LogP contribution < -0.4 is 0 Å². The summed E-state index contributed by atoms with van der Waals surface area (Å²) in [6.45, 7) is 4.37. The van der Waals surface area contributed by atoms with Crippen molar-refractivity contribution in [3.63, 3.8) is 0 Å². The lowest BCUT2D eigenvalue weighted by atomic mass is 9.87. The van der Waals surface area contributed by atoms with E-state index in [0.717, 1.165) is 20.8 Å². The van der Waals surface area contributed by atoms with Gasteiger partial charge in [-0.15, -0.1) is 0 Å². The summed E-state index contributed by atoms with van der Waals surface area (Å²) in [5.41, 5.74) is -2.77. The Hall–Kier alpha value is -1.84. The van der Waals surface area contributed by atoms with E-state index in [2.05, 4.69) is 4.74 Å². The number of hydrogen-bond donors (Lipinski definition) is 3. The van der Waals surface area contributed by atoms with Crippen LogP contribution in [0.5, 0.6) is 0 Å². The van der Waals surface area contributed by atoms with Gasteiger partial charge in [0.05, 0.1) is 13.0 Å². The van der Waals surface area contributed by atoms with Crippen molar-refractivity contribution in [1.82, 2.24) is 0 Å². The van der Waals surface area contributed by atoms with E-state index in [1.807, 2.05) is 0 Å². The monoisotopic (exact) mass is 334 g/mol. The fourth-order valence-corrected chi connectivity index (χ4v) is 1.62. The van der Waals surface area contributed by atoms with Gasteiger partial charge in [-0.25, -0.2) is 9.59 Å². The van der Waals surface area contributed by atoms with Gasteiger partial charge in [-0.1, -0.05) is 0 Å². The van der Waals surface area contributed by atoms with E-state index in [1.165, 1.54) is 6.92 Å². The van der Waals surface area contributed by atoms with Crippen molar-refractivity contribution in [2.45, 2.75) is 58.0 Å². The molecule has 9 nitrogen and oxygen atoms in total. The van der Waals surface area contributed by atoms with Crippen molar-refractivity contribution in [1.29, 1.82) is 0 Å². The molecule has 0 saturated carbocycles. The van der Waals surface area contributed by atoms with Gasteiger partial charge < -0.3 is 24.8 Å². The molecule has 0 fully saturated rings. The van der Waals surface area contributed by atoms with Crippen LogP contribution >= 0.6 is 0 Å². The number of rotatable bonds is 9. The smallest absolute Gasteiger partial charge is 0.359 e. The topological polar surface area (TPSA) is 147 Å². The summed E-state index contributed by atoms with van der Waals surface area (Å²) in [4.78, 5) is 47.9. The van der Waals surface area contributed by atoms with Crippen LogP contribution in [0.4, 0.5) is 0 Å².